The summed E-state index contributed by atoms with van der Waals surface area (Å²) < 4.78 is 7.75. The van der Waals surface area contributed by atoms with Gasteiger partial charge in [-0.15, -0.1) is 0 Å². The fourth-order valence-electron chi connectivity index (χ4n) is 3.91. The number of hydrogen-bond donors (Lipinski definition) is 2. The van der Waals surface area contributed by atoms with Crippen LogP contribution in [0, 0.1) is 6.92 Å². The monoisotopic (exact) mass is 369 g/mol. The molecule has 7 nitrogen and oxygen atoms in total. The number of para-hydroxylation sites is 1. The Morgan fingerprint density at radius 2 is 2.04 bits per heavy atom. The average Bonchev–Trinajstić information content (AvgIpc) is 3.11. The van der Waals surface area contributed by atoms with E-state index in [0.717, 1.165) is 49.2 Å². The Kier molecular flexibility index (Phi) is 5.03. The summed E-state index contributed by atoms with van der Waals surface area (Å²) in [6.07, 6.45) is 4.89. The van der Waals surface area contributed by atoms with Crippen molar-refractivity contribution in [3.8, 4) is 5.75 Å². The number of amides is 2. The number of benzene rings is 1. The van der Waals surface area contributed by atoms with Crippen molar-refractivity contribution in [3.05, 3.63) is 41.6 Å². The molecule has 2 aliphatic rings. The third-order valence-corrected chi connectivity index (χ3v) is 5.49. The van der Waals surface area contributed by atoms with Gasteiger partial charge in [-0.25, -0.2) is 4.79 Å². The normalized spacial score (nSPS) is 20.6. The molecule has 3 heterocycles. The molecule has 1 atom stereocenters. The van der Waals surface area contributed by atoms with Gasteiger partial charge in [0.05, 0.1) is 18.7 Å². The summed E-state index contributed by atoms with van der Waals surface area (Å²) in [7, 11) is 2.15. The molecule has 0 aliphatic carbocycles. The Hall–Kier alpha value is -2.54. The van der Waals surface area contributed by atoms with Crippen LogP contribution in [0.3, 0.4) is 0 Å². The maximum absolute atomic E-state index is 12.5. The first-order chi connectivity index (χ1) is 13.1. The molecule has 2 aliphatic heterocycles. The number of fused-ring (bicyclic) bond motifs is 1. The second-order valence-corrected chi connectivity index (χ2v) is 7.50. The Morgan fingerprint density at radius 3 is 2.85 bits per heavy atom. The highest BCUT2D eigenvalue weighted by atomic mass is 16.5. The lowest BCUT2D eigenvalue weighted by Gasteiger charge is -2.29. The molecule has 2 aromatic rings. The van der Waals surface area contributed by atoms with Crippen LogP contribution in [0.25, 0.3) is 0 Å². The number of urea groups is 1. The number of nitrogens with zero attached hydrogens (tertiary/aromatic N) is 3. The number of anilines is 1. The van der Waals surface area contributed by atoms with Gasteiger partial charge in [-0.05, 0) is 45.5 Å². The highest BCUT2D eigenvalue weighted by Crippen LogP contribution is 2.34. The smallest absolute Gasteiger partial charge is 0.320 e. The molecule has 4 rings (SSSR count). The van der Waals surface area contributed by atoms with Gasteiger partial charge in [-0.3, -0.25) is 10.00 Å². The van der Waals surface area contributed by atoms with E-state index in [-0.39, 0.29) is 12.1 Å². The minimum Gasteiger partial charge on any atom is -0.493 e. The molecule has 1 unspecified atom stereocenters. The maximum atomic E-state index is 12.5. The highest BCUT2D eigenvalue weighted by molar-refractivity contribution is 5.88. The Balaban J connectivity index is 1.38. The molecule has 2 N–H and O–H groups in total. The van der Waals surface area contributed by atoms with Crippen LogP contribution in [-0.4, -0.2) is 47.5 Å². The molecule has 1 fully saturated rings. The zero-order valence-electron chi connectivity index (χ0n) is 15.9. The van der Waals surface area contributed by atoms with E-state index in [1.54, 1.807) is 0 Å². The molecule has 1 saturated heterocycles. The molecule has 7 heteroatoms. The largest absolute Gasteiger partial charge is 0.493 e. The minimum atomic E-state index is -0.233. The number of aromatic nitrogens is 2. The Bertz CT molecular complexity index is 810. The van der Waals surface area contributed by atoms with Gasteiger partial charge in [0.1, 0.15) is 5.75 Å². The molecule has 144 valence electrons. The van der Waals surface area contributed by atoms with E-state index in [4.69, 9.17) is 4.74 Å². The van der Waals surface area contributed by atoms with E-state index in [1.165, 1.54) is 0 Å². The number of carbonyl (C=O) groups is 1. The molecule has 0 bridgehead atoms. The fourth-order valence-corrected chi connectivity index (χ4v) is 3.91. The number of nitrogens with one attached hydrogen (secondary N) is 2. The first-order valence-corrected chi connectivity index (χ1v) is 9.63. The van der Waals surface area contributed by atoms with Crippen molar-refractivity contribution in [2.45, 2.75) is 38.3 Å². The third-order valence-electron chi connectivity index (χ3n) is 5.49. The number of hydrogen-bond acceptors (Lipinski definition) is 4. The van der Waals surface area contributed by atoms with E-state index >= 15 is 0 Å². The number of piperidine rings is 1. The predicted molar refractivity (Wildman–Crippen MR) is 104 cm³/mol. The van der Waals surface area contributed by atoms with Crippen LogP contribution in [0.2, 0.25) is 0 Å². The van der Waals surface area contributed by atoms with Crippen LogP contribution in [0.5, 0.6) is 5.75 Å². The Labute approximate surface area is 159 Å². The first-order valence-electron chi connectivity index (χ1n) is 9.63. The fraction of sp³-hybridized carbons (Fsp3) is 0.500. The molecule has 1 aromatic carbocycles. The summed E-state index contributed by atoms with van der Waals surface area (Å²) in [6.45, 7) is 4.79. The van der Waals surface area contributed by atoms with Gasteiger partial charge in [0.25, 0.3) is 0 Å². The van der Waals surface area contributed by atoms with Gasteiger partial charge < -0.3 is 15.0 Å². The van der Waals surface area contributed by atoms with E-state index in [1.807, 2.05) is 42.1 Å². The Morgan fingerprint density at radius 1 is 1.22 bits per heavy atom. The van der Waals surface area contributed by atoms with Crippen molar-refractivity contribution in [3.63, 3.8) is 0 Å². The predicted octanol–water partition coefficient (Wildman–Crippen LogP) is 3.10. The zero-order valence-corrected chi connectivity index (χ0v) is 15.9. The van der Waals surface area contributed by atoms with Gasteiger partial charge in [-0.1, -0.05) is 18.2 Å². The van der Waals surface area contributed by atoms with Crippen LogP contribution < -0.4 is 15.4 Å². The van der Waals surface area contributed by atoms with Crippen LogP contribution in [0.1, 0.15) is 42.5 Å². The van der Waals surface area contributed by atoms with Crippen molar-refractivity contribution >= 4 is 11.8 Å². The van der Waals surface area contributed by atoms with Crippen LogP contribution in [0.15, 0.2) is 30.5 Å². The molecule has 0 saturated carbocycles. The maximum Gasteiger partial charge on any atom is 0.320 e. The number of likely N-dealkylation sites (tertiary alicyclic amines) is 1. The van der Waals surface area contributed by atoms with E-state index in [2.05, 4.69) is 27.7 Å². The van der Waals surface area contributed by atoms with Gasteiger partial charge in [-0.2, -0.15) is 5.10 Å². The molecular weight excluding hydrogens is 342 g/mol. The summed E-state index contributed by atoms with van der Waals surface area (Å²) in [5, 5.41) is 10.5. The number of carbonyl (C=O) groups excluding carboxylic acids is 1. The van der Waals surface area contributed by atoms with Gasteiger partial charge in [0.15, 0.2) is 5.82 Å². The van der Waals surface area contributed by atoms with Gasteiger partial charge in [0, 0.05) is 24.2 Å². The minimum absolute atomic E-state index is 0.0513. The average molecular weight is 369 g/mol. The molecule has 1 aromatic heterocycles. The van der Waals surface area contributed by atoms with Gasteiger partial charge >= 0.3 is 6.03 Å². The quantitative estimate of drug-likeness (QED) is 0.872. The molecular formula is C20H27N5O2. The second-order valence-electron chi connectivity index (χ2n) is 7.50. The zero-order chi connectivity index (χ0) is 18.8. The number of aryl methyl sites for hydroxylation is 1. The standard InChI is InChI=1S/C20H27N5O2/c1-14-4-3-5-16-17(9-13-27-19(14)16)21-20(26)22-18-8-12-25(23-18)15-6-10-24(2)11-7-15/h3-5,8,12,15,17H,6-7,9-11,13H2,1-2H3,(H2,21,22,23,26). The SMILES string of the molecule is Cc1cccc2c1OCCC2NC(=O)Nc1ccn(C2CCN(C)CC2)n1. The summed E-state index contributed by atoms with van der Waals surface area (Å²) in [6, 6.07) is 8.02. The van der Waals surface area contributed by atoms with Crippen molar-refractivity contribution in [1.82, 2.24) is 20.0 Å². The topological polar surface area (TPSA) is 71.4 Å². The molecule has 2 amide bonds. The summed E-state index contributed by atoms with van der Waals surface area (Å²) in [5.41, 5.74) is 2.13. The van der Waals surface area contributed by atoms with E-state index in [9.17, 15) is 4.79 Å². The van der Waals surface area contributed by atoms with Crippen molar-refractivity contribution in [2.75, 3.05) is 32.1 Å². The van der Waals surface area contributed by atoms with Crippen LogP contribution >= 0.6 is 0 Å². The molecule has 0 spiro atoms. The van der Waals surface area contributed by atoms with Crippen LogP contribution in [-0.2, 0) is 0 Å². The van der Waals surface area contributed by atoms with Crippen LogP contribution in [0.4, 0.5) is 10.6 Å². The summed E-state index contributed by atoms with van der Waals surface area (Å²) >= 11 is 0. The van der Waals surface area contributed by atoms with Gasteiger partial charge in [0.2, 0.25) is 0 Å². The van der Waals surface area contributed by atoms with Crippen molar-refractivity contribution in [1.29, 1.82) is 0 Å². The molecule has 27 heavy (non-hydrogen) atoms. The van der Waals surface area contributed by atoms with E-state index in [0.29, 0.717) is 18.5 Å². The highest BCUT2D eigenvalue weighted by Gasteiger charge is 2.24. The summed E-state index contributed by atoms with van der Waals surface area (Å²) in [4.78, 5) is 14.8. The second kappa shape index (κ2) is 7.60. The van der Waals surface area contributed by atoms with Crippen molar-refractivity contribution in [2.24, 2.45) is 0 Å². The van der Waals surface area contributed by atoms with E-state index < -0.39 is 0 Å². The summed E-state index contributed by atoms with van der Waals surface area (Å²) in [5.74, 6) is 1.48. The number of rotatable bonds is 3. The third kappa shape index (κ3) is 3.93. The lowest BCUT2D eigenvalue weighted by molar-refractivity contribution is 0.212. The first kappa shape index (κ1) is 17.9. The van der Waals surface area contributed by atoms with Crippen molar-refractivity contribution < 1.29 is 9.53 Å². The number of ether oxygens (including phenoxy) is 1. The lowest BCUT2D eigenvalue weighted by atomic mass is 9.98. The lowest BCUT2D eigenvalue weighted by Crippen LogP contribution is -2.35. The molecule has 0 radical (unpaired) electrons.